The lowest BCUT2D eigenvalue weighted by Crippen LogP contribution is -2.30. The van der Waals surface area contributed by atoms with E-state index in [0.29, 0.717) is 59.6 Å². The minimum atomic E-state index is -0.0383. The van der Waals surface area contributed by atoms with Crippen LogP contribution in [0.25, 0.3) is 50.7 Å². The molecule has 18 rings (SSSR count). The Morgan fingerprint density at radius 3 is 1.16 bits per heavy atom. The Labute approximate surface area is 549 Å². The van der Waals surface area contributed by atoms with Gasteiger partial charge < -0.3 is 46.6 Å². The Bertz CT molecular complexity index is 4410. The van der Waals surface area contributed by atoms with Crippen LogP contribution in [0.1, 0.15) is 106 Å². The van der Waals surface area contributed by atoms with Crippen LogP contribution in [0.4, 0.5) is 52.0 Å². The Hall–Kier alpha value is -12.0. The van der Waals surface area contributed by atoms with Crippen LogP contribution in [0.3, 0.4) is 0 Å². The highest BCUT2D eigenvalue weighted by Gasteiger charge is 2.25. The van der Waals surface area contributed by atoms with Crippen molar-refractivity contribution in [2.24, 2.45) is 0 Å². The van der Waals surface area contributed by atoms with Crippen molar-refractivity contribution >= 4 is 86.6 Å². The van der Waals surface area contributed by atoms with Crippen LogP contribution in [0.15, 0.2) is 147 Å². The van der Waals surface area contributed by atoms with Crippen molar-refractivity contribution in [3.8, 4) is 33.8 Å². The number of pyridine rings is 1. The van der Waals surface area contributed by atoms with Gasteiger partial charge in [-0.25, -0.2) is 58.4 Å². The first-order valence-corrected chi connectivity index (χ1v) is 32.5. The summed E-state index contributed by atoms with van der Waals surface area (Å²) in [7, 11) is 0. The van der Waals surface area contributed by atoms with Gasteiger partial charge in [0.05, 0.1) is 65.6 Å². The van der Waals surface area contributed by atoms with E-state index in [2.05, 4.69) is 131 Å². The first kappa shape index (κ1) is 59.0. The molecule has 6 aliphatic rings. The summed E-state index contributed by atoms with van der Waals surface area (Å²) in [5.74, 6) is 3.50. The average molecular weight is 1280 g/mol. The van der Waals surface area contributed by atoms with Crippen molar-refractivity contribution in [2.45, 2.75) is 77.4 Å². The molecule has 96 heavy (non-hydrogen) atoms. The van der Waals surface area contributed by atoms with Crippen molar-refractivity contribution in [2.75, 3.05) is 69.9 Å². The molecule has 0 radical (unpaired) electrons. The maximum absolute atomic E-state index is 11.9. The molecular weight excluding hydrogens is 1210 g/mol. The molecule has 3 fully saturated rings. The third kappa shape index (κ3) is 11.8. The summed E-state index contributed by atoms with van der Waals surface area (Å²) in [6.07, 6.45) is 26.4. The zero-order chi connectivity index (χ0) is 64.5. The molecule has 0 atom stereocenters. The second-order valence-electron chi connectivity index (χ2n) is 24.4. The van der Waals surface area contributed by atoms with Crippen LogP contribution in [-0.2, 0) is 19.6 Å². The first-order chi connectivity index (χ1) is 47.3. The van der Waals surface area contributed by atoms with E-state index in [1.807, 2.05) is 72.9 Å². The van der Waals surface area contributed by atoms with Crippen molar-refractivity contribution in [3.63, 3.8) is 0 Å². The monoisotopic (exact) mass is 1280 g/mol. The second kappa shape index (κ2) is 25.8. The fourth-order valence-electron chi connectivity index (χ4n) is 13.2. The fourth-order valence-corrected chi connectivity index (χ4v) is 13.2. The molecule has 6 aliphatic heterocycles. The predicted molar refractivity (Wildman–Crippen MR) is 363 cm³/mol. The number of hydrogen-bond donors (Lipinski definition) is 6. The van der Waals surface area contributed by atoms with Gasteiger partial charge in [-0.05, 0) is 147 Å². The number of hydrogen-bond acceptors (Lipinski definition) is 21. The maximum Gasteiger partial charge on any atom is 0.251 e. The van der Waals surface area contributed by atoms with Crippen LogP contribution in [0.2, 0.25) is 0 Å². The van der Waals surface area contributed by atoms with Gasteiger partial charge in [0.25, 0.3) is 17.7 Å². The summed E-state index contributed by atoms with van der Waals surface area (Å²) in [6, 6.07) is 29.8. The fraction of sp³-hybridized carbons (Fsp3) is 0.261. The highest BCUT2D eigenvalue weighted by Crippen LogP contribution is 2.33. The van der Waals surface area contributed by atoms with E-state index < -0.39 is 0 Å². The van der Waals surface area contributed by atoms with Crippen LogP contribution >= 0.6 is 0 Å². The highest BCUT2D eigenvalue weighted by molar-refractivity contribution is 6.00. The number of nitrogens with zero attached hydrogens (tertiary/aromatic N) is 18. The van der Waals surface area contributed by atoms with Gasteiger partial charge in [-0.2, -0.15) is 15.3 Å². The van der Waals surface area contributed by atoms with Crippen LogP contribution in [0, 0.1) is 0 Å². The van der Waals surface area contributed by atoms with Crippen molar-refractivity contribution < 1.29 is 14.4 Å². The molecule has 0 bridgehead atoms. The van der Waals surface area contributed by atoms with E-state index in [1.54, 1.807) is 44.5 Å². The minimum Gasteiger partial charge on any atom is -0.372 e. The molecule has 4 aromatic carbocycles. The molecule has 3 amide bonds. The molecule has 0 aliphatic carbocycles. The van der Waals surface area contributed by atoms with Gasteiger partial charge in [-0.3, -0.25) is 14.4 Å². The largest absolute Gasteiger partial charge is 0.372 e. The van der Waals surface area contributed by atoms with Gasteiger partial charge in [0.15, 0.2) is 34.4 Å². The molecule has 12 aromatic rings. The molecule has 3 saturated heterocycles. The normalized spacial score (nSPS) is 15.6. The summed E-state index contributed by atoms with van der Waals surface area (Å²) in [4.78, 5) is 83.3. The first-order valence-electron chi connectivity index (χ1n) is 32.5. The van der Waals surface area contributed by atoms with Gasteiger partial charge in [0.1, 0.15) is 24.8 Å². The molecule has 8 aromatic heterocycles. The lowest BCUT2D eigenvalue weighted by atomic mass is 10.0. The van der Waals surface area contributed by atoms with Gasteiger partial charge in [0.2, 0.25) is 5.95 Å². The smallest absolute Gasteiger partial charge is 0.251 e. The van der Waals surface area contributed by atoms with Crippen LogP contribution < -0.4 is 46.6 Å². The molecule has 0 saturated carbocycles. The van der Waals surface area contributed by atoms with E-state index in [9.17, 15) is 14.4 Å². The zero-order valence-corrected chi connectivity index (χ0v) is 52.4. The Morgan fingerprint density at radius 2 is 0.729 bits per heavy atom. The number of fused-ring (bicyclic) bond motifs is 6. The summed E-state index contributed by atoms with van der Waals surface area (Å²) >= 11 is 0. The second-order valence-corrected chi connectivity index (χ2v) is 24.4. The number of benzene rings is 4. The van der Waals surface area contributed by atoms with E-state index in [4.69, 9.17) is 0 Å². The number of piperidine rings is 3. The Morgan fingerprint density at radius 1 is 0.344 bits per heavy atom. The van der Waals surface area contributed by atoms with E-state index >= 15 is 0 Å². The number of anilines is 9. The topological polar surface area (TPSA) is 301 Å². The van der Waals surface area contributed by atoms with Crippen molar-refractivity contribution in [1.29, 1.82) is 0 Å². The predicted octanol–water partition coefficient (Wildman–Crippen LogP) is 9.49. The quantitative estimate of drug-likeness (QED) is 0.0663. The molecular formula is C69H66N24O3. The van der Waals surface area contributed by atoms with Crippen molar-refractivity contribution in [3.05, 3.63) is 181 Å². The molecule has 480 valence electrons. The molecule has 14 heterocycles. The number of carbonyl (C=O) groups is 3. The average Bonchev–Trinajstić information content (AvgIpc) is 1.64. The van der Waals surface area contributed by atoms with Crippen LogP contribution in [-0.4, -0.2) is 131 Å². The number of aromatic nitrogens is 15. The summed E-state index contributed by atoms with van der Waals surface area (Å²) in [5, 5.41) is 31.7. The number of rotatable bonds is 12. The third-order valence-corrected chi connectivity index (χ3v) is 18.2. The SMILES string of the molecule is O=C1NCc2cc(-c3cnc(Nc4ccc(N5CCCCC5)cc4)c4ncnn34)ccc21.O=C1NCc2cc(-c3cnc(Nc4ccc(N5CCCCC5)nc4)c4ncnn34)ccc21.O=C1NCc2cc(-c3cnc(Nc4cnc(N5CCCCC5)nc4)c4ncnn34)ccc21. The molecule has 6 N–H and O–H groups in total. The summed E-state index contributed by atoms with van der Waals surface area (Å²) in [5.41, 5.74) is 16.0. The van der Waals surface area contributed by atoms with Gasteiger partial charge in [-0.1, -0.05) is 18.2 Å². The number of amides is 3. The van der Waals surface area contributed by atoms with E-state index in [-0.39, 0.29) is 17.7 Å². The number of nitrogens with one attached hydrogen (secondary N) is 6. The summed E-state index contributed by atoms with van der Waals surface area (Å²) < 4.78 is 5.28. The lowest BCUT2D eigenvalue weighted by molar-refractivity contribution is 0.0957. The lowest BCUT2D eigenvalue weighted by Gasteiger charge is -2.28. The summed E-state index contributed by atoms with van der Waals surface area (Å²) in [6.45, 7) is 8.01. The standard InChI is InChI=1S/C24H23N7O.C23H22N8O.C22H21N9O/c32-24-20-9-4-16(12-17(20)13-26-24)21-14-25-22(23-27-15-28-31(21)23)29-18-5-7-19(8-6-18)30-10-2-1-3-11-30;32-23-18-6-4-15(10-16(18)11-26-23)19-13-25-21(22-27-14-28-31(19)22)29-17-5-7-20(24-12-17)30-8-2-1-3-9-30;32-21-17-5-4-14(8-15(17)9-24-21)18-12-23-19(20-27-13-28-31(18)20)29-16-10-25-22(26-11-16)30-6-2-1-3-7-30/h4-9,12,14-15H,1-3,10-11,13H2,(H,25,29)(H,26,32);4-7,10,12-14H,1-3,8-9,11H2,(H,25,29)(H,26,32);4-5,8,10-13H,1-3,6-7,9H2,(H,23,29)(H,24,32). The number of carbonyl (C=O) groups excluding carboxylic acids is 3. The highest BCUT2D eigenvalue weighted by atomic mass is 16.2. The molecule has 27 heteroatoms. The van der Waals surface area contributed by atoms with Gasteiger partial charge in [0, 0.05) is 104 Å². The Balaban J connectivity index is 0.000000113. The Kier molecular flexibility index (Phi) is 15.9. The van der Waals surface area contributed by atoms with Gasteiger partial charge >= 0.3 is 0 Å². The van der Waals surface area contributed by atoms with E-state index in [1.165, 1.54) is 82.5 Å². The molecule has 0 spiro atoms. The minimum absolute atomic E-state index is 0.0265. The maximum atomic E-state index is 11.9. The zero-order valence-electron chi connectivity index (χ0n) is 52.4. The van der Waals surface area contributed by atoms with Crippen LogP contribution in [0.5, 0.6) is 0 Å². The third-order valence-electron chi connectivity index (χ3n) is 18.2. The van der Waals surface area contributed by atoms with Crippen molar-refractivity contribution in [1.82, 2.24) is 89.6 Å². The molecule has 0 unspecified atom stereocenters. The molecule has 27 nitrogen and oxygen atoms in total. The van der Waals surface area contributed by atoms with Gasteiger partial charge in [-0.15, -0.1) is 0 Å². The van der Waals surface area contributed by atoms with E-state index in [0.717, 1.165) is 130 Å².